The van der Waals surface area contributed by atoms with Crippen LogP contribution in [0.3, 0.4) is 0 Å². The molecule has 0 bridgehead atoms. The molecule has 0 saturated carbocycles. The maximum Gasteiger partial charge on any atom is 0.245 e. The van der Waals surface area contributed by atoms with Gasteiger partial charge in [0.05, 0.1) is 6.61 Å². The Morgan fingerprint density at radius 2 is 1.96 bits per heavy atom. The number of nitrogen functional groups attached to an aromatic ring is 1. The zero-order valence-electron chi connectivity index (χ0n) is 13.2. The van der Waals surface area contributed by atoms with E-state index in [1.54, 1.807) is 24.3 Å². The molecule has 1 aliphatic heterocycles. The van der Waals surface area contributed by atoms with Crippen molar-refractivity contribution in [1.29, 1.82) is 0 Å². The van der Waals surface area contributed by atoms with Gasteiger partial charge in [-0.05, 0) is 24.3 Å². The lowest BCUT2D eigenvalue weighted by molar-refractivity contribution is -0.287. The summed E-state index contributed by atoms with van der Waals surface area (Å²) in [5, 5.41) is 32.0. The summed E-state index contributed by atoms with van der Waals surface area (Å²) in [7, 11) is 1.44. The second-order valence-corrected chi connectivity index (χ2v) is 5.34. The Morgan fingerprint density at radius 3 is 2.54 bits per heavy atom. The first-order valence-electron chi connectivity index (χ1n) is 7.43. The largest absolute Gasteiger partial charge is 0.482 e. The maximum absolute atomic E-state index is 11.4. The number of hydrogen-bond donors (Lipinski definition) is 5. The number of carbonyl (C=O) groups is 1. The van der Waals surface area contributed by atoms with Crippen LogP contribution in [0.25, 0.3) is 0 Å². The van der Waals surface area contributed by atoms with Crippen LogP contribution >= 0.6 is 0 Å². The van der Waals surface area contributed by atoms with E-state index in [-0.39, 0.29) is 6.61 Å². The number of benzene rings is 1. The lowest BCUT2D eigenvalue weighted by Crippen LogP contribution is -2.61. The zero-order chi connectivity index (χ0) is 17.7. The van der Waals surface area contributed by atoms with Gasteiger partial charge in [-0.3, -0.25) is 4.79 Å². The number of carbonyl (C=O) groups excluding carboxylic acids is 1. The number of aliphatic hydroxyl groups is 3. The first-order valence-corrected chi connectivity index (χ1v) is 7.43. The number of anilines is 1. The van der Waals surface area contributed by atoms with E-state index >= 15 is 0 Å². The standard InChI is InChI=1S/C15H22N2O7/c1-17-11(19)7-22-13-12(20)10(6-18)24-15(21)14(13)23-9-4-2-8(16)3-5-9/h2-5,10,12-15,18,20-21H,6-7,16H2,1H3,(H,17,19)/t10-,12+,13+,14-,15-/m1/s1. The first-order chi connectivity index (χ1) is 11.5. The smallest absolute Gasteiger partial charge is 0.245 e. The summed E-state index contributed by atoms with van der Waals surface area (Å²) in [5.41, 5.74) is 6.14. The summed E-state index contributed by atoms with van der Waals surface area (Å²) in [6.45, 7) is -0.864. The highest BCUT2D eigenvalue weighted by Crippen LogP contribution is 2.27. The molecule has 9 nitrogen and oxygen atoms in total. The lowest BCUT2D eigenvalue weighted by atomic mass is 9.98. The number of ether oxygens (including phenoxy) is 3. The van der Waals surface area contributed by atoms with Crippen LogP contribution in [0.15, 0.2) is 24.3 Å². The second kappa shape index (κ2) is 8.27. The van der Waals surface area contributed by atoms with E-state index in [2.05, 4.69) is 5.32 Å². The third-order valence-electron chi connectivity index (χ3n) is 3.65. The minimum Gasteiger partial charge on any atom is -0.482 e. The topological polar surface area (TPSA) is 144 Å². The second-order valence-electron chi connectivity index (χ2n) is 5.34. The molecule has 0 aromatic heterocycles. The number of aliphatic hydroxyl groups excluding tert-OH is 3. The summed E-state index contributed by atoms with van der Waals surface area (Å²) in [6, 6.07) is 6.39. The van der Waals surface area contributed by atoms with Gasteiger partial charge in [-0.15, -0.1) is 0 Å². The molecule has 1 aromatic rings. The SMILES string of the molecule is CNC(=O)CO[C@H]1[C@@H](O)[C@@H](CO)O[C@@H](O)[C@@H]1Oc1ccc(N)cc1. The van der Waals surface area contributed by atoms with Gasteiger partial charge in [-0.2, -0.15) is 0 Å². The average molecular weight is 342 g/mol. The first kappa shape index (κ1) is 18.4. The van der Waals surface area contributed by atoms with Gasteiger partial charge in [-0.1, -0.05) is 0 Å². The number of nitrogens with one attached hydrogen (secondary N) is 1. The molecule has 0 spiro atoms. The highest BCUT2D eigenvalue weighted by atomic mass is 16.7. The van der Waals surface area contributed by atoms with E-state index in [0.29, 0.717) is 11.4 Å². The van der Waals surface area contributed by atoms with Crippen LogP contribution in [0, 0.1) is 0 Å². The van der Waals surface area contributed by atoms with Crippen molar-refractivity contribution >= 4 is 11.6 Å². The molecule has 1 aromatic carbocycles. The molecule has 134 valence electrons. The van der Waals surface area contributed by atoms with Gasteiger partial charge in [0, 0.05) is 12.7 Å². The molecule has 5 atom stereocenters. The van der Waals surface area contributed by atoms with Crippen molar-refractivity contribution in [3.63, 3.8) is 0 Å². The third kappa shape index (κ3) is 4.34. The fourth-order valence-corrected chi connectivity index (χ4v) is 2.32. The van der Waals surface area contributed by atoms with Crippen LogP contribution < -0.4 is 15.8 Å². The van der Waals surface area contributed by atoms with Crippen molar-refractivity contribution < 1.29 is 34.3 Å². The lowest BCUT2D eigenvalue weighted by Gasteiger charge is -2.41. The molecule has 1 amide bonds. The Bertz CT molecular complexity index is 539. The van der Waals surface area contributed by atoms with Gasteiger partial charge in [0.25, 0.3) is 0 Å². The van der Waals surface area contributed by atoms with Crippen LogP contribution in [0.5, 0.6) is 5.75 Å². The highest BCUT2D eigenvalue weighted by molar-refractivity contribution is 5.76. The molecule has 0 aliphatic carbocycles. The minimum atomic E-state index is -1.46. The molecule has 9 heteroatoms. The Morgan fingerprint density at radius 1 is 1.29 bits per heavy atom. The van der Waals surface area contributed by atoms with Crippen molar-refractivity contribution in [2.45, 2.75) is 30.7 Å². The van der Waals surface area contributed by atoms with Crippen molar-refractivity contribution in [3.8, 4) is 5.75 Å². The van der Waals surface area contributed by atoms with Crippen LogP contribution in [-0.2, 0) is 14.3 Å². The number of amides is 1. The molecular formula is C15H22N2O7. The predicted molar refractivity (Wildman–Crippen MR) is 83.0 cm³/mol. The molecule has 0 unspecified atom stereocenters. The Balaban J connectivity index is 2.15. The van der Waals surface area contributed by atoms with Gasteiger partial charge >= 0.3 is 0 Å². The van der Waals surface area contributed by atoms with Crippen molar-refractivity contribution in [1.82, 2.24) is 5.32 Å². The summed E-state index contributed by atoms with van der Waals surface area (Å²) in [4.78, 5) is 11.4. The van der Waals surface area contributed by atoms with Crippen molar-refractivity contribution in [3.05, 3.63) is 24.3 Å². The minimum absolute atomic E-state index is 0.343. The fourth-order valence-electron chi connectivity index (χ4n) is 2.32. The summed E-state index contributed by atoms with van der Waals surface area (Å²) < 4.78 is 16.2. The van der Waals surface area contributed by atoms with E-state index in [1.807, 2.05) is 0 Å². The van der Waals surface area contributed by atoms with E-state index < -0.39 is 43.2 Å². The summed E-state index contributed by atoms with van der Waals surface area (Å²) in [5.74, 6) is -0.0324. The molecule has 6 N–H and O–H groups in total. The number of hydrogen-bond acceptors (Lipinski definition) is 8. The van der Waals surface area contributed by atoms with E-state index in [1.165, 1.54) is 7.05 Å². The van der Waals surface area contributed by atoms with Crippen molar-refractivity contribution in [2.75, 3.05) is 26.0 Å². The Labute approximate surface area is 138 Å². The number of likely N-dealkylation sites (N-methyl/N-ethyl adjacent to an activating group) is 1. The maximum atomic E-state index is 11.4. The van der Waals surface area contributed by atoms with Crippen LogP contribution in [0.1, 0.15) is 0 Å². The van der Waals surface area contributed by atoms with Gasteiger partial charge < -0.3 is 40.6 Å². The molecular weight excluding hydrogens is 320 g/mol. The van der Waals surface area contributed by atoms with Crippen LogP contribution in [0.4, 0.5) is 5.69 Å². The van der Waals surface area contributed by atoms with E-state index in [9.17, 15) is 20.1 Å². The van der Waals surface area contributed by atoms with Gasteiger partial charge in [-0.25, -0.2) is 0 Å². The van der Waals surface area contributed by atoms with Gasteiger partial charge in [0.1, 0.15) is 30.7 Å². The zero-order valence-corrected chi connectivity index (χ0v) is 13.2. The van der Waals surface area contributed by atoms with Gasteiger partial charge in [0.15, 0.2) is 12.4 Å². The molecule has 0 radical (unpaired) electrons. The monoisotopic (exact) mass is 342 g/mol. The predicted octanol–water partition coefficient (Wildman–Crippen LogP) is -1.78. The molecule has 1 heterocycles. The number of nitrogens with two attached hydrogens (primary N) is 1. The quantitative estimate of drug-likeness (QED) is 0.382. The number of rotatable bonds is 6. The Kier molecular flexibility index (Phi) is 6.35. The summed E-state index contributed by atoms with van der Waals surface area (Å²) >= 11 is 0. The van der Waals surface area contributed by atoms with Gasteiger partial charge in [0.2, 0.25) is 5.91 Å². The average Bonchev–Trinajstić information content (AvgIpc) is 2.58. The van der Waals surface area contributed by atoms with Crippen molar-refractivity contribution in [2.24, 2.45) is 0 Å². The van der Waals surface area contributed by atoms with Crippen LogP contribution in [-0.4, -0.2) is 72.2 Å². The summed E-state index contributed by atoms with van der Waals surface area (Å²) in [6.07, 6.45) is -5.99. The molecule has 2 rings (SSSR count). The molecule has 1 fully saturated rings. The normalized spacial score (nSPS) is 29.9. The molecule has 1 aliphatic rings. The van der Waals surface area contributed by atoms with E-state index in [0.717, 1.165) is 0 Å². The highest BCUT2D eigenvalue weighted by Gasteiger charge is 2.47. The fraction of sp³-hybridized carbons (Fsp3) is 0.533. The van der Waals surface area contributed by atoms with Crippen LogP contribution in [0.2, 0.25) is 0 Å². The van der Waals surface area contributed by atoms with E-state index in [4.69, 9.17) is 19.9 Å². The molecule has 1 saturated heterocycles. The third-order valence-corrected chi connectivity index (χ3v) is 3.65. The molecule has 24 heavy (non-hydrogen) atoms. The Hall–Kier alpha value is -1.91.